The van der Waals surface area contributed by atoms with E-state index in [1.807, 2.05) is 0 Å². The molecule has 0 aromatic rings. The highest BCUT2D eigenvalue weighted by atomic mass is 16.2. The van der Waals surface area contributed by atoms with E-state index in [-0.39, 0.29) is 11.3 Å². The monoisotopic (exact) mass is 154 g/mol. The maximum atomic E-state index is 11.3. The van der Waals surface area contributed by atoms with Crippen molar-refractivity contribution in [2.75, 3.05) is 13.1 Å². The average Bonchev–Trinajstić information content (AvgIpc) is 2.35. The fourth-order valence-electron chi connectivity index (χ4n) is 1.47. The molecule has 0 saturated carbocycles. The molecule has 1 heterocycles. The molecule has 0 aromatic carbocycles. The first-order chi connectivity index (χ1) is 5.25. The zero-order valence-corrected chi connectivity index (χ0v) is 6.60. The summed E-state index contributed by atoms with van der Waals surface area (Å²) in [6, 6.07) is 0. The highest BCUT2D eigenvalue weighted by molar-refractivity contribution is 5.85. The number of amides is 1. The molecule has 0 spiro atoms. The Bertz CT molecular complexity index is 179. The molecule has 62 valence electrons. The van der Waals surface area contributed by atoms with Crippen LogP contribution in [0, 0.1) is 5.41 Å². The van der Waals surface area contributed by atoms with E-state index in [9.17, 15) is 4.79 Å². The van der Waals surface area contributed by atoms with Crippen molar-refractivity contribution in [2.45, 2.75) is 12.8 Å². The Balaban J connectivity index is 2.72. The maximum Gasteiger partial charge on any atom is 0.227 e. The predicted octanol–water partition coefficient (Wildman–Crippen LogP) is 0.0275. The second kappa shape index (κ2) is 3.05. The van der Waals surface area contributed by atoms with Crippen LogP contribution < -0.4 is 11.1 Å². The van der Waals surface area contributed by atoms with Gasteiger partial charge < -0.3 is 11.1 Å². The number of allylic oxidation sites excluding steroid dienone is 1. The summed E-state index contributed by atoms with van der Waals surface area (Å²) in [6.07, 6.45) is 3.29. The van der Waals surface area contributed by atoms with Gasteiger partial charge in [-0.05, 0) is 12.8 Å². The second-order valence-corrected chi connectivity index (χ2v) is 2.98. The van der Waals surface area contributed by atoms with Crippen molar-refractivity contribution in [3.05, 3.63) is 12.7 Å². The minimum atomic E-state index is -0.345. The Labute approximate surface area is 66.6 Å². The third-order valence-electron chi connectivity index (χ3n) is 2.30. The molecule has 3 heteroatoms. The molecule has 3 N–H and O–H groups in total. The molecule has 0 aromatic heterocycles. The fraction of sp³-hybridized carbons (Fsp3) is 0.625. The van der Waals surface area contributed by atoms with Crippen molar-refractivity contribution in [3.63, 3.8) is 0 Å². The van der Waals surface area contributed by atoms with Crippen LogP contribution in [0.3, 0.4) is 0 Å². The van der Waals surface area contributed by atoms with Crippen LogP contribution in [-0.4, -0.2) is 19.0 Å². The molecule has 1 aliphatic rings. The van der Waals surface area contributed by atoms with Crippen molar-refractivity contribution in [3.8, 4) is 0 Å². The largest absolute Gasteiger partial charge is 0.356 e. The van der Waals surface area contributed by atoms with Crippen LogP contribution in [0.4, 0.5) is 0 Å². The minimum absolute atomic E-state index is 0.0832. The van der Waals surface area contributed by atoms with E-state index in [2.05, 4.69) is 11.9 Å². The standard InChI is InChI=1S/C8H14N2O/c1-2-3-8(6-9)4-5-10-7(8)11/h2H,1,3-6,9H2,(H,10,11). The normalized spacial score (nSPS) is 30.1. The number of nitrogens with one attached hydrogen (secondary N) is 1. The Morgan fingerprint density at radius 2 is 2.55 bits per heavy atom. The van der Waals surface area contributed by atoms with Crippen LogP contribution in [-0.2, 0) is 4.79 Å². The molecule has 0 aliphatic carbocycles. The molecule has 1 saturated heterocycles. The molecule has 1 fully saturated rings. The van der Waals surface area contributed by atoms with Crippen LogP contribution in [0.15, 0.2) is 12.7 Å². The molecule has 1 unspecified atom stereocenters. The topological polar surface area (TPSA) is 55.1 Å². The van der Waals surface area contributed by atoms with Gasteiger partial charge in [-0.1, -0.05) is 6.08 Å². The molecule has 1 amide bonds. The first-order valence-corrected chi connectivity index (χ1v) is 3.84. The quantitative estimate of drug-likeness (QED) is 0.563. The predicted molar refractivity (Wildman–Crippen MR) is 43.9 cm³/mol. The molecule has 1 atom stereocenters. The molecule has 1 aliphatic heterocycles. The Hall–Kier alpha value is -0.830. The minimum Gasteiger partial charge on any atom is -0.356 e. The lowest BCUT2D eigenvalue weighted by molar-refractivity contribution is -0.127. The third-order valence-corrected chi connectivity index (χ3v) is 2.30. The lowest BCUT2D eigenvalue weighted by Crippen LogP contribution is -2.37. The van der Waals surface area contributed by atoms with E-state index in [0.717, 1.165) is 13.0 Å². The number of rotatable bonds is 3. The van der Waals surface area contributed by atoms with E-state index in [1.54, 1.807) is 6.08 Å². The molecular formula is C8H14N2O. The van der Waals surface area contributed by atoms with Gasteiger partial charge in [-0.15, -0.1) is 6.58 Å². The number of carbonyl (C=O) groups is 1. The zero-order chi connectivity index (χ0) is 8.32. The smallest absolute Gasteiger partial charge is 0.227 e. The zero-order valence-electron chi connectivity index (χ0n) is 6.60. The van der Waals surface area contributed by atoms with Crippen LogP contribution in [0.5, 0.6) is 0 Å². The Morgan fingerprint density at radius 3 is 2.91 bits per heavy atom. The van der Waals surface area contributed by atoms with Gasteiger partial charge >= 0.3 is 0 Å². The van der Waals surface area contributed by atoms with E-state index < -0.39 is 0 Å². The summed E-state index contributed by atoms with van der Waals surface area (Å²) >= 11 is 0. The van der Waals surface area contributed by atoms with Gasteiger partial charge in [-0.3, -0.25) is 4.79 Å². The number of hydrogen-bond donors (Lipinski definition) is 2. The number of hydrogen-bond acceptors (Lipinski definition) is 2. The molecular weight excluding hydrogens is 140 g/mol. The highest BCUT2D eigenvalue weighted by Gasteiger charge is 2.39. The molecule has 3 nitrogen and oxygen atoms in total. The SMILES string of the molecule is C=CCC1(CN)CCNC1=O. The van der Waals surface area contributed by atoms with Gasteiger partial charge in [0, 0.05) is 13.1 Å². The van der Waals surface area contributed by atoms with Gasteiger partial charge in [-0.25, -0.2) is 0 Å². The van der Waals surface area contributed by atoms with Crippen LogP contribution in [0.2, 0.25) is 0 Å². The molecule has 11 heavy (non-hydrogen) atoms. The van der Waals surface area contributed by atoms with Crippen LogP contribution in [0.1, 0.15) is 12.8 Å². The summed E-state index contributed by atoms with van der Waals surface area (Å²) in [5.41, 5.74) is 5.19. The Morgan fingerprint density at radius 1 is 1.82 bits per heavy atom. The summed E-state index contributed by atoms with van der Waals surface area (Å²) in [5, 5.41) is 2.78. The molecule has 0 radical (unpaired) electrons. The van der Waals surface area contributed by atoms with E-state index in [0.29, 0.717) is 13.0 Å². The highest BCUT2D eigenvalue weighted by Crippen LogP contribution is 2.29. The van der Waals surface area contributed by atoms with E-state index >= 15 is 0 Å². The summed E-state index contributed by atoms with van der Waals surface area (Å²) in [6.45, 7) is 4.79. The summed E-state index contributed by atoms with van der Waals surface area (Å²) in [5.74, 6) is 0.0832. The van der Waals surface area contributed by atoms with Crippen molar-refractivity contribution in [2.24, 2.45) is 11.1 Å². The van der Waals surface area contributed by atoms with E-state index in [4.69, 9.17) is 5.73 Å². The van der Waals surface area contributed by atoms with Gasteiger partial charge in [0.1, 0.15) is 0 Å². The van der Waals surface area contributed by atoms with Crippen molar-refractivity contribution < 1.29 is 4.79 Å². The first kappa shape index (κ1) is 8.27. The lowest BCUT2D eigenvalue weighted by Gasteiger charge is -2.21. The maximum absolute atomic E-state index is 11.3. The fourth-order valence-corrected chi connectivity index (χ4v) is 1.47. The van der Waals surface area contributed by atoms with Crippen LogP contribution in [0.25, 0.3) is 0 Å². The van der Waals surface area contributed by atoms with Gasteiger partial charge in [-0.2, -0.15) is 0 Å². The Kier molecular flexibility index (Phi) is 2.29. The average molecular weight is 154 g/mol. The van der Waals surface area contributed by atoms with Gasteiger partial charge in [0.15, 0.2) is 0 Å². The number of carbonyl (C=O) groups excluding carboxylic acids is 1. The van der Waals surface area contributed by atoms with E-state index in [1.165, 1.54) is 0 Å². The lowest BCUT2D eigenvalue weighted by atomic mass is 9.83. The van der Waals surface area contributed by atoms with Crippen LogP contribution >= 0.6 is 0 Å². The molecule has 1 rings (SSSR count). The second-order valence-electron chi connectivity index (χ2n) is 2.98. The van der Waals surface area contributed by atoms with Gasteiger partial charge in [0.05, 0.1) is 5.41 Å². The molecule has 0 bridgehead atoms. The van der Waals surface area contributed by atoms with Gasteiger partial charge in [0.25, 0.3) is 0 Å². The first-order valence-electron chi connectivity index (χ1n) is 3.84. The van der Waals surface area contributed by atoms with Gasteiger partial charge in [0.2, 0.25) is 5.91 Å². The van der Waals surface area contributed by atoms with Crippen molar-refractivity contribution in [1.82, 2.24) is 5.32 Å². The summed E-state index contributed by atoms with van der Waals surface area (Å²) in [4.78, 5) is 11.3. The third kappa shape index (κ3) is 1.28. The van der Waals surface area contributed by atoms with Crippen molar-refractivity contribution in [1.29, 1.82) is 0 Å². The van der Waals surface area contributed by atoms with Crippen molar-refractivity contribution >= 4 is 5.91 Å². The summed E-state index contributed by atoms with van der Waals surface area (Å²) in [7, 11) is 0. The number of nitrogens with two attached hydrogens (primary N) is 1. The summed E-state index contributed by atoms with van der Waals surface area (Å²) < 4.78 is 0.